The van der Waals surface area contributed by atoms with Gasteiger partial charge in [-0.15, -0.1) is 0 Å². The monoisotopic (exact) mass is 367 g/mol. The van der Waals surface area contributed by atoms with E-state index in [0.29, 0.717) is 37.6 Å². The van der Waals surface area contributed by atoms with Crippen LogP contribution in [0.2, 0.25) is 0 Å². The van der Waals surface area contributed by atoms with E-state index in [1.54, 1.807) is 0 Å². The highest BCUT2D eigenvalue weighted by atomic mass is 16.2. The summed E-state index contributed by atoms with van der Waals surface area (Å²) in [5, 5.41) is 6.16. The summed E-state index contributed by atoms with van der Waals surface area (Å²) in [6.07, 6.45) is 7.44. The Bertz CT molecular complexity index is 444. The zero-order valence-corrected chi connectivity index (χ0v) is 16.8. The second-order valence-electron chi connectivity index (χ2n) is 7.56. The molecule has 0 aromatic carbocycles. The first-order chi connectivity index (χ1) is 12.4. The Morgan fingerprint density at radius 3 is 2.19 bits per heavy atom. The van der Waals surface area contributed by atoms with Gasteiger partial charge < -0.3 is 15.5 Å². The van der Waals surface area contributed by atoms with Crippen LogP contribution in [0.3, 0.4) is 0 Å². The van der Waals surface area contributed by atoms with E-state index >= 15 is 0 Å². The van der Waals surface area contributed by atoms with E-state index in [2.05, 4.69) is 10.6 Å². The Morgan fingerprint density at radius 2 is 1.62 bits per heavy atom. The number of Topliss-reactive ketones (excluding diaryl/α,β-unsaturated/α-hetero) is 1. The number of hydrogen-bond acceptors (Lipinski definition) is 4. The van der Waals surface area contributed by atoms with Crippen molar-refractivity contribution in [2.75, 3.05) is 19.6 Å². The molecule has 26 heavy (non-hydrogen) atoms. The molecule has 2 amide bonds. The van der Waals surface area contributed by atoms with Crippen LogP contribution in [-0.4, -0.2) is 54.2 Å². The van der Waals surface area contributed by atoms with E-state index in [9.17, 15) is 14.4 Å². The summed E-state index contributed by atoms with van der Waals surface area (Å²) >= 11 is 0. The van der Waals surface area contributed by atoms with Gasteiger partial charge in [0.2, 0.25) is 11.8 Å². The van der Waals surface area contributed by atoms with Gasteiger partial charge in [0.1, 0.15) is 5.78 Å². The molecule has 0 aromatic heterocycles. The lowest BCUT2D eigenvalue weighted by Gasteiger charge is -2.32. The van der Waals surface area contributed by atoms with Crippen LogP contribution in [0.25, 0.3) is 0 Å². The molecule has 1 aliphatic heterocycles. The Labute approximate surface area is 158 Å². The number of unbranched alkanes of at least 4 members (excludes halogenated alkanes) is 3. The molecule has 6 nitrogen and oxygen atoms in total. The second kappa shape index (κ2) is 12.8. The number of likely N-dealkylation sites (tertiary alicyclic amines) is 1. The van der Waals surface area contributed by atoms with Gasteiger partial charge in [0.05, 0.1) is 6.54 Å². The number of nitrogens with zero attached hydrogens (tertiary/aromatic N) is 1. The van der Waals surface area contributed by atoms with Gasteiger partial charge in [0.15, 0.2) is 0 Å². The molecule has 0 bridgehead atoms. The lowest BCUT2D eigenvalue weighted by Crippen LogP contribution is -2.48. The maximum atomic E-state index is 12.3. The standard InChI is InChI=1S/C20H37N3O3/c1-4-18(24)9-7-5-6-8-10-20(26)23-13-11-17(12-14-23)22-19(25)15-21-16(2)3/h16-17,21H,4-15H2,1-3H3,(H,22,25). The molecule has 0 atom stereocenters. The second-order valence-corrected chi connectivity index (χ2v) is 7.56. The fourth-order valence-corrected chi connectivity index (χ4v) is 3.14. The van der Waals surface area contributed by atoms with E-state index in [1.807, 2.05) is 25.7 Å². The van der Waals surface area contributed by atoms with Gasteiger partial charge >= 0.3 is 0 Å². The van der Waals surface area contributed by atoms with Crippen molar-refractivity contribution in [1.29, 1.82) is 0 Å². The van der Waals surface area contributed by atoms with E-state index in [1.165, 1.54) is 0 Å². The molecule has 150 valence electrons. The van der Waals surface area contributed by atoms with Gasteiger partial charge in [-0.3, -0.25) is 14.4 Å². The Balaban J connectivity index is 2.10. The highest BCUT2D eigenvalue weighted by molar-refractivity contribution is 5.79. The van der Waals surface area contributed by atoms with Crippen molar-refractivity contribution in [2.45, 2.75) is 90.6 Å². The molecule has 1 aliphatic rings. The molecule has 1 saturated heterocycles. The average Bonchev–Trinajstić information content (AvgIpc) is 2.63. The highest BCUT2D eigenvalue weighted by Crippen LogP contribution is 2.14. The lowest BCUT2D eigenvalue weighted by molar-refractivity contribution is -0.132. The molecule has 6 heteroatoms. The fraction of sp³-hybridized carbons (Fsp3) is 0.850. The summed E-state index contributed by atoms with van der Waals surface area (Å²) in [6.45, 7) is 7.74. The fourth-order valence-electron chi connectivity index (χ4n) is 3.14. The van der Waals surface area contributed by atoms with Crippen LogP contribution in [-0.2, 0) is 14.4 Å². The van der Waals surface area contributed by atoms with Gasteiger partial charge in [0.25, 0.3) is 0 Å². The molecule has 0 unspecified atom stereocenters. The third-order valence-corrected chi connectivity index (χ3v) is 4.87. The van der Waals surface area contributed by atoms with E-state index in [-0.39, 0.29) is 17.9 Å². The van der Waals surface area contributed by atoms with Gasteiger partial charge in [-0.1, -0.05) is 33.6 Å². The predicted molar refractivity (Wildman–Crippen MR) is 104 cm³/mol. The number of hydrogen-bond donors (Lipinski definition) is 2. The molecule has 0 saturated carbocycles. The first-order valence-corrected chi connectivity index (χ1v) is 10.2. The van der Waals surface area contributed by atoms with Crippen molar-refractivity contribution in [3.05, 3.63) is 0 Å². The van der Waals surface area contributed by atoms with Gasteiger partial charge in [-0.25, -0.2) is 0 Å². The summed E-state index contributed by atoms with van der Waals surface area (Å²) in [5.41, 5.74) is 0. The van der Waals surface area contributed by atoms with Gasteiger partial charge in [-0.05, 0) is 25.7 Å². The van der Waals surface area contributed by atoms with Crippen LogP contribution < -0.4 is 10.6 Å². The quantitative estimate of drug-likeness (QED) is 0.519. The molecule has 0 radical (unpaired) electrons. The predicted octanol–water partition coefficient (Wildman–Crippen LogP) is 2.41. The number of nitrogens with one attached hydrogen (secondary N) is 2. The van der Waals surface area contributed by atoms with Crippen molar-refractivity contribution in [3.63, 3.8) is 0 Å². The summed E-state index contributed by atoms with van der Waals surface area (Å²) in [7, 11) is 0. The number of carbonyl (C=O) groups is 3. The minimum Gasteiger partial charge on any atom is -0.352 e. The van der Waals surface area contributed by atoms with E-state index in [4.69, 9.17) is 0 Å². The Hall–Kier alpha value is -1.43. The maximum Gasteiger partial charge on any atom is 0.234 e. The maximum absolute atomic E-state index is 12.3. The van der Waals surface area contributed by atoms with Crippen molar-refractivity contribution in [1.82, 2.24) is 15.5 Å². The van der Waals surface area contributed by atoms with Crippen LogP contribution in [0.1, 0.15) is 78.6 Å². The van der Waals surface area contributed by atoms with Crippen molar-refractivity contribution < 1.29 is 14.4 Å². The van der Waals surface area contributed by atoms with Gasteiger partial charge in [0, 0.05) is 44.4 Å². The van der Waals surface area contributed by atoms with Crippen molar-refractivity contribution in [3.8, 4) is 0 Å². The zero-order valence-electron chi connectivity index (χ0n) is 16.8. The topological polar surface area (TPSA) is 78.5 Å². The Kier molecular flexibility index (Phi) is 11.2. The third-order valence-electron chi connectivity index (χ3n) is 4.87. The molecule has 0 spiro atoms. The third kappa shape index (κ3) is 9.90. The Morgan fingerprint density at radius 1 is 1.00 bits per heavy atom. The molecular weight excluding hydrogens is 330 g/mol. The van der Waals surface area contributed by atoms with Crippen LogP contribution >= 0.6 is 0 Å². The van der Waals surface area contributed by atoms with Crippen LogP contribution in [0.4, 0.5) is 0 Å². The summed E-state index contributed by atoms with van der Waals surface area (Å²) in [4.78, 5) is 37.3. The number of rotatable bonds is 12. The highest BCUT2D eigenvalue weighted by Gasteiger charge is 2.23. The van der Waals surface area contributed by atoms with Crippen molar-refractivity contribution in [2.24, 2.45) is 0 Å². The van der Waals surface area contributed by atoms with E-state index in [0.717, 1.165) is 51.6 Å². The number of piperidine rings is 1. The lowest BCUT2D eigenvalue weighted by atomic mass is 10.0. The molecule has 0 aromatic rings. The molecular formula is C20H37N3O3. The smallest absolute Gasteiger partial charge is 0.234 e. The normalized spacial score (nSPS) is 15.3. The van der Waals surface area contributed by atoms with E-state index < -0.39 is 0 Å². The summed E-state index contributed by atoms with van der Waals surface area (Å²) in [6, 6.07) is 0.476. The van der Waals surface area contributed by atoms with Crippen LogP contribution in [0.5, 0.6) is 0 Å². The first-order valence-electron chi connectivity index (χ1n) is 10.2. The summed E-state index contributed by atoms with van der Waals surface area (Å²) < 4.78 is 0. The average molecular weight is 368 g/mol. The van der Waals surface area contributed by atoms with Gasteiger partial charge in [-0.2, -0.15) is 0 Å². The minimum absolute atomic E-state index is 0.0324. The number of amides is 2. The largest absolute Gasteiger partial charge is 0.352 e. The minimum atomic E-state index is 0.0324. The SMILES string of the molecule is CCC(=O)CCCCCCC(=O)N1CCC(NC(=O)CNC(C)C)CC1. The summed E-state index contributed by atoms with van der Waals surface area (Å²) in [5.74, 6) is 0.585. The molecule has 0 aliphatic carbocycles. The molecule has 2 N–H and O–H groups in total. The zero-order chi connectivity index (χ0) is 19.4. The molecule has 1 fully saturated rings. The van der Waals surface area contributed by atoms with Crippen molar-refractivity contribution >= 4 is 17.6 Å². The molecule has 1 rings (SSSR count). The first kappa shape index (κ1) is 22.6. The molecule has 1 heterocycles. The van der Waals surface area contributed by atoms with Crippen LogP contribution in [0, 0.1) is 0 Å². The number of carbonyl (C=O) groups excluding carboxylic acids is 3. The van der Waals surface area contributed by atoms with Crippen LogP contribution in [0.15, 0.2) is 0 Å². The number of ketones is 1.